The molecule has 0 bridgehead atoms. The van der Waals surface area contributed by atoms with E-state index in [0.29, 0.717) is 0 Å². The Labute approximate surface area is 202 Å². The van der Waals surface area contributed by atoms with E-state index >= 15 is 0 Å². The Morgan fingerprint density at radius 1 is 0.703 bits per heavy atom. The molecule has 214 valence electrons. The third-order valence-electron chi connectivity index (χ3n) is 5.23. The SMILES string of the molecule is N[C@@H](Cc1ccccc1)C(=O)OCCCCCCC(F)(F)C(F)(F)C(F)(F)C(F)(F)C(F)(F)C(F)(F)F. The van der Waals surface area contributed by atoms with Crippen LogP contribution in [-0.2, 0) is 16.0 Å². The summed E-state index contributed by atoms with van der Waals surface area (Å²) < 4.78 is 174. The van der Waals surface area contributed by atoms with E-state index in [4.69, 9.17) is 10.5 Å². The van der Waals surface area contributed by atoms with Crippen LogP contribution in [-0.4, -0.2) is 54.4 Å². The molecule has 16 heteroatoms. The van der Waals surface area contributed by atoms with Gasteiger partial charge in [-0.2, -0.15) is 57.1 Å². The van der Waals surface area contributed by atoms with Crippen LogP contribution >= 0.6 is 0 Å². The molecule has 0 saturated heterocycles. The van der Waals surface area contributed by atoms with E-state index in [-0.39, 0.29) is 25.9 Å². The van der Waals surface area contributed by atoms with E-state index in [0.717, 1.165) is 5.56 Å². The molecule has 0 fully saturated rings. The molecule has 0 saturated carbocycles. The lowest BCUT2D eigenvalue weighted by atomic mass is 9.91. The summed E-state index contributed by atoms with van der Waals surface area (Å²) in [5.41, 5.74) is 6.40. The van der Waals surface area contributed by atoms with Gasteiger partial charge in [0, 0.05) is 6.42 Å². The minimum absolute atomic E-state index is 0.0300. The smallest absolute Gasteiger partial charge is 0.460 e. The van der Waals surface area contributed by atoms with Gasteiger partial charge >= 0.3 is 41.8 Å². The van der Waals surface area contributed by atoms with Crippen molar-refractivity contribution in [3.63, 3.8) is 0 Å². The molecule has 0 aliphatic rings. The Morgan fingerprint density at radius 2 is 1.19 bits per heavy atom. The molecule has 1 aromatic rings. The highest BCUT2D eigenvalue weighted by Gasteiger charge is 2.90. The molecule has 0 unspecified atom stereocenters. The normalized spacial score (nSPS) is 15.0. The van der Waals surface area contributed by atoms with Gasteiger partial charge in [0.1, 0.15) is 6.04 Å². The van der Waals surface area contributed by atoms with Gasteiger partial charge in [0.05, 0.1) is 6.61 Å². The largest absolute Gasteiger partial charge is 0.465 e. The van der Waals surface area contributed by atoms with Crippen molar-refractivity contribution < 1.29 is 66.6 Å². The highest BCUT2D eigenvalue weighted by Crippen LogP contribution is 2.60. The first kappa shape index (κ1) is 32.8. The van der Waals surface area contributed by atoms with Crippen molar-refractivity contribution in [1.82, 2.24) is 0 Å². The molecule has 0 amide bonds. The number of carbonyl (C=O) groups excluding carboxylic acids is 1. The molecular weight excluding hydrogens is 545 g/mol. The predicted molar refractivity (Wildman–Crippen MR) is 103 cm³/mol. The Kier molecular flexibility index (Phi) is 10.3. The topological polar surface area (TPSA) is 52.3 Å². The summed E-state index contributed by atoms with van der Waals surface area (Å²) in [6.45, 7) is -0.287. The summed E-state index contributed by atoms with van der Waals surface area (Å²) in [5.74, 6) is -37.5. The maximum Gasteiger partial charge on any atom is 0.460 e. The molecule has 0 aromatic heterocycles. The molecule has 0 aliphatic heterocycles. The number of rotatable bonds is 14. The second kappa shape index (κ2) is 11.6. The van der Waals surface area contributed by atoms with Crippen LogP contribution in [0.2, 0.25) is 0 Å². The Balaban J connectivity index is 2.58. The first-order chi connectivity index (χ1) is 16.6. The number of benzene rings is 1. The molecule has 0 heterocycles. The summed E-state index contributed by atoms with van der Waals surface area (Å²) in [4.78, 5) is 11.8. The number of unbranched alkanes of at least 4 members (excludes halogenated alkanes) is 3. The first-order valence-corrected chi connectivity index (χ1v) is 10.6. The number of hydrogen-bond acceptors (Lipinski definition) is 3. The summed E-state index contributed by atoms with van der Waals surface area (Å²) in [5, 5.41) is 0. The summed E-state index contributed by atoms with van der Waals surface area (Å²) >= 11 is 0. The van der Waals surface area contributed by atoms with Gasteiger partial charge in [-0.05, 0) is 24.8 Å². The van der Waals surface area contributed by atoms with Gasteiger partial charge in [-0.15, -0.1) is 0 Å². The van der Waals surface area contributed by atoms with Gasteiger partial charge < -0.3 is 10.5 Å². The van der Waals surface area contributed by atoms with Crippen molar-refractivity contribution in [2.45, 2.75) is 80.4 Å². The fourth-order valence-corrected chi connectivity index (χ4v) is 2.99. The Bertz CT molecular complexity index is 873. The Morgan fingerprint density at radius 3 is 1.70 bits per heavy atom. The van der Waals surface area contributed by atoms with E-state index in [9.17, 15) is 61.9 Å². The Hall–Kier alpha value is -2.26. The molecule has 0 spiro atoms. The maximum atomic E-state index is 13.7. The zero-order valence-electron chi connectivity index (χ0n) is 18.7. The number of ether oxygens (including phenoxy) is 1. The zero-order valence-corrected chi connectivity index (χ0v) is 18.7. The molecule has 1 rings (SSSR count). The molecule has 2 N–H and O–H groups in total. The van der Waals surface area contributed by atoms with E-state index in [2.05, 4.69) is 0 Å². The van der Waals surface area contributed by atoms with E-state index in [1.807, 2.05) is 0 Å². The van der Waals surface area contributed by atoms with Gasteiger partial charge in [0.25, 0.3) is 0 Å². The van der Waals surface area contributed by atoms with E-state index in [1.165, 1.54) is 0 Å². The second-order valence-corrected chi connectivity index (χ2v) is 8.13. The van der Waals surface area contributed by atoms with Crippen LogP contribution < -0.4 is 5.73 Å². The quantitative estimate of drug-likeness (QED) is 0.153. The summed E-state index contributed by atoms with van der Waals surface area (Å²) in [6, 6.07) is 7.51. The molecule has 1 aromatic carbocycles. The average molecular weight is 567 g/mol. The molecule has 3 nitrogen and oxygen atoms in total. The van der Waals surface area contributed by atoms with Gasteiger partial charge in [-0.25, -0.2) is 0 Å². The van der Waals surface area contributed by atoms with Gasteiger partial charge in [-0.1, -0.05) is 43.2 Å². The molecule has 1 atom stereocenters. The van der Waals surface area contributed by atoms with Crippen molar-refractivity contribution in [1.29, 1.82) is 0 Å². The first-order valence-electron chi connectivity index (χ1n) is 10.6. The van der Waals surface area contributed by atoms with Crippen LogP contribution in [0.3, 0.4) is 0 Å². The molecule has 37 heavy (non-hydrogen) atoms. The molecule has 0 aliphatic carbocycles. The molecule has 0 radical (unpaired) electrons. The summed E-state index contributed by atoms with van der Waals surface area (Å²) in [6.07, 6.45) is -11.1. The fraction of sp³-hybridized carbons (Fsp3) is 0.667. The van der Waals surface area contributed by atoms with E-state index < -0.39 is 67.1 Å². The lowest BCUT2D eigenvalue weighted by Crippen LogP contribution is -2.70. The van der Waals surface area contributed by atoms with Crippen LogP contribution in [0.4, 0.5) is 57.1 Å². The van der Waals surface area contributed by atoms with Crippen LogP contribution in [0.25, 0.3) is 0 Å². The van der Waals surface area contributed by atoms with Gasteiger partial charge in [0.2, 0.25) is 0 Å². The third-order valence-corrected chi connectivity index (χ3v) is 5.23. The number of carbonyl (C=O) groups is 1. The zero-order chi connectivity index (χ0) is 28.9. The number of hydrogen-bond donors (Lipinski definition) is 1. The van der Waals surface area contributed by atoms with Crippen molar-refractivity contribution in [3.8, 4) is 0 Å². The maximum absolute atomic E-state index is 13.7. The van der Waals surface area contributed by atoms with Gasteiger partial charge in [-0.3, -0.25) is 4.79 Å². The number of halogens is 13. The number of alkyl halides is 13. The van der Waals surface area contributed by atoms with Crippen LogP contribution in [0, 0.1) is 0 Å². The summed E-state index contributed by atoms with van der Waals surface area (Å²) in [7, 11) is 0. The fourth-order valence-electron chi connectivity index (χ4n) is 2.99. The minimum atomic E-state index is -7.89. The standard InChI is InChI=1S/C21H22F13NO2/c22-16(23,17(24,25)18(26,27)19(28,29)20(30,31)21(32,33)34)10-6-1-2-7-11-37-15(36)14(35)12-13-8-4-3-5-9-13/h3-5,8-9,14H,1-2,6-7,10-12,35H2/t14-/m0/s1. The lowest BCUT2D eigenvalue weighted by molar-refractivity contribution is -0.440. The highest BCUT2D eigenvalue weighted by atomic mass is 19.4. The van der Waals surface area contributed by atoms with Crippen molar-refractivity contribution >= 4 is 5.97 Å². The third kappa shape index (κ3) is 6.99. The molecular formula is C21H22F13NO2. The van der Waals surface area contributed by atoms with E-state index in [1.54, 1.807) is 30.3 Å². The van der Waals surface area contributed by atoms with Crippen LogP contribution in [0.15, 0.2) is 30.3 Å². The van der Waals surface area contributed by atoms with Crippen molar-refractivity contribution in [3.05, 3.63) is 35.9 Å². The van der Waals surface area contributed by atoms with Crippen molar-refractivity contribution in [2.75, 3.05) is 6.61 Å². The highest BCUT2D eigenvalue weighted by molar-refractivity contribution is 5.75. The van der Waals surface area contributed by atoms with Crippen LogP contribution in [0.1, 0.15) is 37.7 Å². The second-order valence-electron chi connectivity index (χ2n) is 8.13. The average Bonchev–Trinajstić information content (AvgIpc) is 2.77. The lowest BCUT2D eigenvalue weighted by Gasteiger charge is -2.39. The number of nitrogens with two attached hydrogens (primary N) is 1. The minimum Gasteiger partial charge on any atom is -0.465 e. The monoisotopic (exact) mass is 567 g/mol. The van der Waals surface area contributed by atoms with Gasteiger partial charge in [0.15, 0.2) is 0 Å². The predicted octanol–water partition coefficient (Wildman–Crippen LogP) is 6.79. The van der Waals surface area contributed by atoms with Crippen LogP contribution in [0.5, 0.6) is 0 Å². The number of esters is 1. The van der Waals surface area contributed by atoms with Crippen molar-refractivity contribution in [2.24, 2.45) is 5.73 Å².